The number of aryl methyl sites for hydroxylation is 1. The van der Waals surface area contributed by atoms with Gasteiger partial charge >= 0.3 is 0 Å². The van der Waals surface area contributed by atoms with Gasteiger partial charge in [-0.25, -0.2) is 8.42 Å². The van der Waals surface area contributed by atoms with Gasteiger partial charge in [-0.1, -0.05) is 11.3 Å². The molecule has 9 heteroatoms. The first kappa shape index (κ1) is 17.1. The monoisotopic (exact) mass is 369 g/mol. The molecule has 2 heterocycles. The molecule has 1 fully saturated rings. The first-order chi connectivity index (χ1) is 11.3. The van der Waals surface area contributed by atoms with Crippen molar-refractivity contribution in [2.45, 2.75) is 18.9 Å². The minimum Gasteiger partial charge on any atom is -0.497 e. The number of rotatable bonds is 3. The molecule has 1 unspecified atom stereocenters. The van der Waals surface area contributed by atoms with Crippen molar-refractivity contribution in [1.29, 1.82) is 0 Å². The number of hydrogen-bond donors (Lipinski definition) is 0. The van der Waals surface area contributed by atoms with Gasteiger partial charge in [-0.2, -0.15) is 9.30 Å². The summed E-state index contributed by atoms with van der Waals surface area (Å²) < 4.78 is 32.8. The second kappa shape index (κ2) is 6.30. The molecule has 0 spiro atoms. The summed E-state index contributed by atoms with van der Waals surface area (Å²) in [5.74, 6) is 0.327. The molecule has 1 saturated heterocycles. The van der Waals surface area contributed by atoms with Crippen LogP contribution in [0.3, 0.4) is 0 Å². The molecule has 0 radical (unpaired) electrons. The van der Waals surface area contributed by atoms with E-state index in [9.17, 15) is 13.2 Å². The summed E-state index contributed by atoms with van der Waals surface area (Å²) in [6.45, 7) is 0.375. The van der Waals surface area contributed by atoms with Gasteiger partial charge in [0, 0.05) is 13.6 Å². The highest BCUT2D eigenvalue weighted by Gasteiger charge is 2.36. The first-order valence-electron chi connectivity index (χ1n) is 7.50. The van der Waals surface area contributed by atoms with Crippen molar-refractivity contribution in [2.75, 3.05) is 19.9 Å². The summed E-state index contributed by atoms with van der Waals surface area (Å²) in [5, 5.41) is 0. The Bertz CT molecular complexity index is 959. The van der Waals surface area contributed by atoms with Crippen LogP contribution < -0.4 is 9.54 Å². The molecule has 2 aromatic rings. The van der Waals surface area contributed by atoms with Crippen molar-refractivity contribution < 1.29 is 17.9 Å². The van der Waals surface area contributed by atoms with Gasteiger partial charge in [0.1, 0.15) is 11.8 Å². The molecule has 0 N–H and O–H groups in total. The van der Waals surface area contributed by atoms with Gasteiger partial charge in [0.05, 0.1) is 23.6 Å². The quantitative estimate of drug-likeness (QED) is 0.811. The Morgan fingerprint density at radius 1 is 1.42 bits per heavy atom. The standard InChI is InChI=1S/C15H19N3O4S2/c1-17-11-7-6-10(22-2)9-13(11)23-15(17)16-14(19)12-5-4-8-18(12)24(3,20)21/h6-7,9,12H,4-5,8H2,1-3H3. The summed E-state index contributed by atoms with van der Waals surface area (Å²) in [6, 6.07) is 4.96. The fourth-order valence-electron chi connectivity index (χ4n) is 2.90. The van der Waals surface area contributed by atoms with E-state index in [-0.39, 0.29) is 0 Å². The van der Waals surface area contributed by atoms with Crippen molar-refractivity contribution in [3.05, 3.63) is 23.0 Å². The second-order valence-corrected chi connectivity index (χ2v) is 8.70. The topological polar surface area (TPSA) is 81.0 Å². The minimum absolute atomic E-state index is 0.375. The van der Waals surface area contributed by atoms with E-state index in [1.165, 1.54) is 15.6 Å². The van der Waals surface area contributed by atoms with Crippen LogP contribution in [0.1, 0.15) is 12.8 Å². The molecular weight excluding hydrogens is 350 g/mol. The molecule has 0 saturated carbocycles. The number of carbonyl (C=O) groups is 1. The highest BCUT2D eigenvalue weighted by atomic mass is 32.2. The number of benzene rings is 1. The summed E-state index contributed by atoms with van der Waals surface area (Å²) in [4.78, 5) is 17.3. The van der Waals surface area contributed by atoms with E-state index in [2.05, 4.69) is 4.99 Å². The normalized spacial score (nSPS) is 20.0. The number of carbonyl (C=O) groups excluding carboxylic acids is 1. The van der Waals surface area contributed by atoms with Gasteiger partial charge in [0.15, 0.2) is 4.80 Å². The number of thiazole rings is 1. The molecule has 24 heavy (non-hydrogen) atoms. The van der Waals surface area contributed by atoms with Gasteiger partial charge in [0.25, 0.3) is 5.91 Å². The lowest BCUT2D eigenvalue weighted by Crippen LogP contribution is -2.39. The third-order valence-electron chi connectivity index (χ3n) is 4.14. The van der Waals surface area contributed by atoms with Crippen molar-refractivity contribution >= 4 is 37.5 Å². The molecule has 130 valence electrons. The lowest BCUT2D eigenvalue weighted by atomic mass is 10.2. The third kappa shape index (κ3) is 3.11. The van der Waals surface area contributed by atoms with Gasteiger partial charge in [0.2, 0.25) is 10.0 Å². The smallest absolute Gasteiger partial charge is 0.266 e. The van der Waals surface area contributed by atoms with Crippen LogP contribution in [-0.4, -0.2) is 49.1 Å². The van der Waals surface area contributed by atoms with Crippen molar-refractivity contribution in [2.24, 2.45) is 12.0 Å². The van der Waals surface area contributed by atoms with E-state index < -0.39 is 22.0 Å². The number of hydrogen-bond acceptors (Lipinski definition) is 5. The van der Waals surface area contributed by atoms with Gasteiger partial charge in [-0.05, 0) is 31.0 Å². The Hall–Kier alpha value is -1.71. The molecule has 1 atom stereocenters. The molecule has 1 aliphatic heterocycles. The number of fused-ring (bicyclic) bond motifs is 1. The second-order valence-electron chi connectivity index (χ2n) is 5.76. The first-order valence-corrected chi connectivity index (χ1v) is 10.2. The zero-order valence-electron chi connectivity index (χ0n) is 13.7. The SMILES string of the molecule is COc1ccc2c(c1)sc(=NC(=O)C1CCCN1S(C)(=O)=O)n2C. The zero-order chi connectivity index (χ0) is 17.5. The molecule has 1 aromatic heterocycles. The Balaban J connectivity index is 2.00. The molecule has 3 rings (SSSR count). The zero-order valence-corrected chi connectivity index (χ0v) is 15.4. The fourth-order valence-corrected chi connectivity index (χ4v) is 5.07. The Morgan fingerprint density at radius 2 is 2.17 bits per heavy atom. The summed E-state index contributed by atoms with van der Waals surface area (Å²) in [7, 11) is 0.0342. The van der Waals surface area contributed by atoms with E-state index in [4.69, 9.17) is 4.74 Å². The molecule has 1 amide bonds. The summed E-state index contributed by atoms with van der Waals surface area (Å²) >= 11 is 1.38. The number of aromatic nitrogens is 1. The predicted molar refractivity (Wildman–Crippen MR) is 92.5 cm³/mol. The van der Waals surface area contributed by atoms with Crippen LogP contribution in [0.4, 0.5) is 0 Å². The van der Waals surface area contributed by atoms with E-state index in [1.807, 2.05) is 29.8 Å². The Labute approximate surface area is 144 Å². The molecule has 1 aliphatic rings. The summed E-state index contributed by atoms with van der Waals surface area (Å²) in [6.07, 6.45) is 2.32. The minimum atomic E-state index is -3.40. The average Bonchev–Trinajstić information content (AvgIpc) is 3.13. The van der Waals surface area contributed by atoms with Crippen molar-refractivity contribution in [3.8, 4) is 5.75 Å². The lowest BCUT2D eigenvalue weighted by Gasteiger charge is -2.18. The number of methoxy groups -OCH3 is 1. The molecule has 7 nitrogen and oxygen atoms in total. The van der Waals surface area contributed by atoms with Crippen LogP contribution >= 0.6 is 11.3 Å². The number of sulfonamides is 1. The molecule has 1 aromatic carbocycles. The van der Waals surface area contributed by atoms with E-state index in [0.717, 1.165) is 22.2 Å². The van der Waals surface area contributed by atoms with E-state index in [0.29, 0.717) is 24.2 Å². The number of ether oxygens (including phenoxy) is 1. The van der Waals surface area contributed by atoms with Crippen molar-refractivity contribution in [1.82, 2.24) is 8.87 Å². The highest BCUT2D eigenvalue weighted by Crippen LogP contribution is 2.23. The maximum atomic E-state index is 12.5. The largest absolute Gasteiger partial charge is 0.497 e. The van der Waals surface area contributed by atoms with Gasteiger partial charge < -0.3 is 9.30 Å². The molecule has 0 aliphatic carbocycles. The Morgan fingerprint density at radius 3 is 2.83 bits per heavy atom. The van der Waals surface area contributed by atoms with Gasteiger partial charge in [-0.3, -0.25) is 4.79 Å². The predicted octanol–water partition coefficient (Wildman–Crippen LogP) is 1.10. The third-order valence-corrected chi connectivity index (χ3v) is 6.52. The van der Waals surface area contributed by atoms with Crippen LogP contribution in [0.15, 0.2) is 23.2 Å². The number of nitrogens with zero attached hydrogens (tertiary/aromatic N) is 3. The van der Waals surface area contributed by atoms with Crippen LogP contribution in [0.5, 0.6) is 5.75 Å². The maximum Gasteiger partial charge on any atom is 0.266 e. The van der Waals surface area contributed by atoms with Crippen molar-refractivity contribution in [3.63, 3.8) is 0 Å². The fraction of sp³-hybridized carbons (Fsp3) is 0.467. The number of amides is 1. The van der Waals surface area contributed by atoms with Crippen LogP contribution in [0.25, 0.3) is 10.2 Å². The molecular formula is C15H19N3O4S2. The van der Waals surface area contributed by atoms with E-state index in [1.54, 1.807) is 7.11 Å². The van der Waals surface area contributed by atoms with Crippen LogP contribution in [-0.2, 0) is 21.9 Å². The lowest BCUT2D eigenvalue weighted by molar-refractivity contribution is -0.121. The Kier molecular flexibility index (Phi) is 4.50. The van der Waals surface area contributed by atoms with Crippen LogP contribution in [0.2, 0.25) is 0 Å². The summed E-state index contributed by atoms with van der Waals surface area (Å²) in [5.41, 5.74) is 0.943. The van der Waals surface area contributed by atoms with Crippen LogP contribution in [0, 0.1) is 0 Å². The molecule has 0 bridgehead atoms. The maximum absolute atomic E-state index is 12.5. The van der Waals surface area contributed by atoms with E-state index >= 15 is 0 Å². The van der Waals surface area contributed by atoms with Gasteiger partial charge in [-0.15, -0.1) is 0 Å². The highest BCUT2D eigenvalue weighted by molar-refractivity contribution is 7.88. The average molecular weight is 369 g/mol.